The molecule has 0 atom stereocenters. The van der Waals surface area contributed by atoms with Crippen LogP contribution in [0.2, 0.25) is 5.02 Å². The molecule has 1 heterocycles. The quantitative estimate of drug-likeness (QED) is 0.710. The summed E-state index contributed by atoms with van der Waals surface area (Å²) in [4.78, 5) is 0. The number of nitriles is 1. The molecule has 0 radical (unpaired) electrons. The van der Waals surface area contributed by atoms with Crippen molar-refractivity contribution in [3.8, 4) is 23.0 Å². The zero-order chi connectivity index (χ0) is 13.9. The molecule has 3 aromatic rings. The number of benzene rings is 2. The smallest absolute Gasteiger partial charge is 0.144 e. The van der Waals surface area contributed by atoms with E-state index in [-0.39, 0.29) is 0 Å². The first kappa shape index (κ1) is 12.5. The fourth-order valence-corrected chi connectivity index (χ4v) is 2.11. The highest BCUT2D eigenvalue weighted by atomic mass is 35.5. The number of halogens is 1. The van der Waals surface area contributed by atoms with Gasteiger partial charge in [-0.15, -0.1) is 0 Å². The van der Waals surface area contributed by atoms with Crippen molar-refractivity contribution in [3.63, 3.8) is 0 Å². The summed E-state index contributed by atoms with van der Waals surface area (Å²) in [5.74, 6) is 0. The van der Waals surface area contributed by atoms with Crippen LogP contribution in [-0.4, -0.2) is 9.78 Å². The van der Waals surface area contributed by atoms with E-state index in [1.54, 1.807) is 10.7 Å². The fourth-order valence-electron chi connectivity index (χ4n) is 1.99. The molecule has 96 valence electrons. The van der Waals surface area contributed by atoms with Crippen LogP contribution in [0.5, 0.6) is 0 Å². The summed E-state index contributed by atoms with van der Waals surface area (Å²) in [5, 5.41) is 14.4. The molecule has 0 aliphatic rings. The SMILES string of the molecule is N#Cc1cc(-c2ccc(Cl)cc2)nn1-c1ccccc1. The summed E-state index contributed by atoms with van der Waals surface area (Å²) in [6.07, 6.45) is 0. The molecule has 0 amide bonds. The molecule has 0 saturated heterocycles. The third-order valence-corrected chi connectivity index (χ3v) is 3.22. The first-order valence-electron chi connectivity index (χ1n) is 6.09. The van der Waals surface area contributed by atoms with E-state index in [1.807, 2.05) is 54.6 Å². The van der Waals surface area contributed by atoms with E-state index in [1.165, 1.54) is 0 Å². The van der Waals surface area contributed by atoms with Crippen LogP contribution in [0.25, 0.3) is 16.9 Å². The van der Waals surface area contributed by atoms with Gasteiger partial charge in [0.2, 0.25) is 0 Å². The molecule has 20 heavy (non-hydrogen) atoms. The van der Waals surface area contributed by atoms with Gasteiger partial charge < -0.3 is 0 Å². The van der Waals surface area contributed by atoms with Crippen molar-refractivity contribution in [3.05, 3.63) is 71.4 Å². The van der Waals surface area contributed by atoms with Crippen LogP contribution in [0.15, 0.2) is 60.7 Å². The summed E-state index contributed by atoms with van der Waals surface area (Å²) in [5.41, 5.74) is 3.05. The van der Waals surface area contributed by atoms with Gasteiger partial charge in [-0.1, -0.05) is 41.9 Å². The van der Waals surface area contributed by atoms with Gasteiger partial charge in [0, 0.05) is 16.7 Å². The Hall–Kier alpha value is -2.57. The molecule has 4 heteroatoms. The second-order valence-electron chi connectivity index (χ2n) is 4.28. The molecule has 1 aromatic heterocycles. The highest BCUT2D eigenvalue weighted by molar-refractivity contribution is 6.30. The Morgan fingerprint density at radius 1 is 1.00 bits per heavy atom. The van der Waals surface area contributed by atoms with Crippen molar-refractivity contribution in [1.29, 1.82) is 5.26 Å². The lowest BCUT2D eigenvalue weighted by Crippen LogP contribution is -1.98. The molecule has 0 saturated carbocycles. The van der Waals surface area contributed by atoms with Gasteiger partial charge in [0.25, 0.3) is 0 Å². The highest BCUT2D eigenvalue weighted by Crippen LogP contribution is 2.22. The average Bonchev–Trinajstić information content (AvgIpc) is 2.93. The Balaban J connectivity index is 2.10. The Bertz CT molecular complexity index is 768. The van der Waals surface area contributed by atoms with Crippen LogP contribution in [-0.2, 0) is 0 Å². The largest absolute Gasteiger partial charge is 0.222 e. The monoisotopic (exact) mass is 279 g/mol. The predicted molar refractivity (Wildman–Crippen MR) is 78.7 cm³/mol. The third-order valence-electron chi connectivity index (χ3n) is 2.96. The standard InChI is InChI=1S/C16H10ClN3/c17-13-8-6-12(7-9-13)16-10-15(11-18)20(19-16)14-4-2-1-3-5-14/h1-10H. The van der Waals surface area contributed by atoms with E-state index in [0.29, 0.717) is 10.7 Å². The normalized spacial score (nSPS) is 10.2. The van der Waals surface area contributed by atoms with Gasteiger partial charge in [-0.25, -0.2) is 4.68 Å². The minimum absolute atomic E-state index is 0.501. The fraction of sp³-hybridized carbons (Fsp3) is 0. The van der Waals surface area contributed by atoms with Gasteiger partial charge in [0.05, 0.1) is 11.4 Å². The molecule has 0 aliphatic heterocycles. The first-order chi connectivity index (χ1) is 9.78. The Morgan fingerprint density at radius 2 is 1.70 bits per heavy atom. The highest BCUT2D eigenvalue weighted by Gasteiger charge is 2.10. The maximum atomic E-state index is 9.25. The van der Waals surface area contributed by atoms with Crippen molar-refractivity contribution in [2.24, 2.45) is 0 Å². The number of nitrogens with zero attached hydrogens (tertiary/aromatic N) is 3. The number of aromatic nitrogens is 2. The van der Waals surface area contributed by atoms with E-state index in [2.05, 4.69) is 11.2 Å². The first-order valence-corrected chi connectivity index (χ1v) is 6.47. The summed E-state index contributed by atoms with van der Waals surface area (Å²) < 4.78 is 1.64. The van der Waals surface area contributed by atoms with Crippen LogP contribution >= 0.6 is 11.6 Å². The number of hydrogen-bond donors (Lipinski definition) is 0. The van der Waals surface area contributed by atoms with Crippen LogP contribution in [0.4, 0.5) is 0 Å². The van der Waals surface area contributed by atoms with Gasteiger partial charge in [-0.2, -0.15) is 10.4 Å². The van der Waals surface area contributed by atoms with E-state index in [0.717, 1.165) is 16.9 Å². The van der Waals surface area contributed by atoms with Gasteiger partial charge >= 0.3 is 0 Å². The lowest BCUT2D eigenvalue weighted by Gasteiger charge is -2.01. The van der Waals surface area contributed by atoms with Crippen molar-refractivity contribution in [1.82, 2.24) is 9.78 Å². The molecule has 0 N–H and O–H groups in total. The summed E-state index contributed by atoms with van der Waals surface area (Å²) >= 11 is 5.88. The average molecular weight is 280 g/mol. The van der Waals surface area contributed by atoms with Crippen molar-refractivity contribution < 1.29 is 0 Å². The molecule has 2 aromatic carbocycles. The number of hydrogen-bond acceptors (Lipinski definition) is 2. The molecular formula is C16H10ClN3. The van der Waals surface area contributed by atoms with Gasteiger partial charge in [0.15, 0.2) is 0 Å². The minimum atomic E-state index is 0.501. The predicted octanol–water partition coefficient (Wildman–Crippen LogP) is 4.06. The molecule has 0 aliphatic carbocycles. The zero-order valence-corrected chi connectivity index (χ0v) is 11.2. The van der Waals surface area contributed by atoms with Crippen LogP contribution in [0.3, 0.4) is 0 Å². The van der Waals surface area contributed by atoms with Crippen LogP contribution < -0.4 is 0 Å². The topological polar surface area (TPSA) is 41.6 Å². The zero-order valence-electron chi connectivity index (χ0n) is 10.5. The van der Waals surface area contributed by atoms with Gasteiger partial charge in [-0.3, -0.25) is 0 Å². The molecular weight excluding hydrogens is 270 g/mol. The van der Waals surface area contributed by atoms with Crippen LogP contribution in [0, 0.1) is 11.3 Å². The molecule has 3 rings (SSSR count). The van der Waals surface area contributed by atoms with E-state index < -0.39 is 0 Å². The Morgan fingerprint density at radius 3 is 2.35 bits per heavy atom. The lowest BCUT2D eigenvalue weighted by atomic mass is 10.1. The second kappa shape index (κ2) is 5.20. The maximum absolute atomic E-state index is 9.25. The molecule has 3 nitrogen and oxygen atoms in total. The molecule has 0 unspecified atom stereocenters. The van der Waals surface area contributed by atoms with E-state index >= 15 is 0 Å². The third kappa shape index (κ3) is 2.29. The number of rotatable bonds is 2. The summed E-state index contributed by atoms with van der Waals surface area (Å²) in [6.45, 7) is 0. The lowest BCUT2D eigenvalue weighted by molar-refractivity contribution is 0.870. The Kier molecular flexibility index (Phi) is 3.24. The summed E-state index contributed by atoms with van der Waals surface area (Å²) in [7, 11) is 0. The van der Waals surface area contributed by atoms with E-state index in [4.69, 9.17) is 11.6 Å². The van der Waals surface area contributed by atoms with Gasteiger partial charge in [0.1, 0.15) is 11.8 Å². The van der Waals surface area contributed by atoms with E-state index in [9.17, 15) is 5.26 Å². The summed E-state index contributed by atoms with van der Waals surface area (Å²) in [6, 6.07) is 20.9. The molecule has 0 fully saturated rings. The minimum Gasteiger partial charge on any atom is -0.222 e. The van der Waals surface area contributed by atoms with Crippen LogP contribution in [0.1, 0.15) is 5.69 Å². The van der Waals surface area contributed by atoms with Crippen molar-refractivity contribution in [2.45, 2.75) is 0 Å². The van der Waals surface area contributed by atoms with Crippen molar-refractivity contribution in [2.75, 3.05) is 0 Å². The maximum Gasteiger partial charge on any atom is 0.144 e. The van der Waals surface area contributed by atoms with Gasteiger partial charge in [-0.05, 0) is 24.3 Å². The Labute approximate surface area is 121 Å². The second-order valence-corrected chi connectivity index (χ2v) is 4.72. The molecule has 0 bridgehead atoms. The number of para-hydroxylation sites is 1. The molecule has 0 spiro atoms. The van der Waals surface area contributed by atoms with Crippen molar-refractivity contribution >= 4 is 11.6 Å².